The van der Waals surface area contributed by atoms with E-state index in [9.17, 15) is 0 Å². The summed E-state index contributed by atoms with van der Waals surface area (Å²) in [6.45, 7) is 2.03. The van der Waals surface area contributed by atoms with Gasteiger partial charge < -0.3 is 5.32 Å². The van der Waals surface area contributed by atoms with Crippen LogP contribution >= 0.6 is 47.8 Å². The van der Waals surface area contributed by atoms with Gasteiger partial charge in [0.25, 0.3) is 0 Å². The van der Waals surface area contributed by atoms with Crippen LogP contribution in [-0.4, -0.2) is 18.1 Å². The molecule has 5 heteroatoms. The summed E-state index contributed by atoms with van der Waals surface area (Å²) in [4.78, 5) is 4.67. The largest absolute Gasteiger partial charge is 0.316 e. The molecule has 3 rings (SSSR count). The molecule has 2 aromatic rings. The number of pyridine rings is 1. The Bertz CT molecular complexity index is 645. The fourth-order valence-electron chi connectivity index (χ4n) is 2.97. The summed E-state index contributed by atoms with van der Waals surface area (Å²) < 4.78 is 3.22. The molecule has 1 fully saturated rings. The number of rotatable bonds is 2. The Morgan fingerprint density at radius 3 is 2.67 bits per heavy atom. The minimum atomic E-state index is 0.433. The van der Waals surface area contributed by atoms with E-state index in [1.54, 1.807) is 0 Å². The Hall–Kier alpha value is -0.230. The molecule has 0 aliphatic carbocycles. The predicted octanol–water partition coefficient (Wildman–Crippen LogP) is 5.23. The van der Waals surface area contributed by atoms with Gasteiger partial charge in [-0.2, -0.15) is 0 Å². The van der Waals surface area contributed by atoms with Gasteiger partial charge in [-0.25, -0.2) is 0 Å². The zero-order valence-electron chi connectivity index (χ0n) is 11.3. The lowest BCUT2D eigenvalue weighted by Gasteiger charge is -2.33. The highest BCUT2D eigenvalue weighted by molar-refractivity contribution is 9.11. The molecule has 0 saturated carbocycles. The second-order valence-corrected chi connectivity index (χ2v) is 7.97. The van der Waals surface area contributed by atoms with Crippen molar-refractivity contribution in [3.63, 3.8) is 0 Å². The van der Waals surface area contributed by atoms with Crippen LogP contribution in [0, 0.1) is 0 Å². The predicted molar refractivity (Wildman–Crippen MR) is 96.7 cm³/mol. The van der Waals surface area contributed by atoms with Crippen LogP contribution in [0.1, 0.15) is 29.5 Å². The molecule has 110 valence electrons. The zero-order chi connectivity index (χ0) is 14.8. The van der Waals surface area contributed by atoms with E-state index in [0.29, 0.717) is 11.8 Å². The molecule has 0 spiro atoms. The number of hydrogen-bond donors (Lipinski definition) is 1. The van der Waals surface area contributed by atoms with Gasteiger partial charge in [0.2, 0.25) is 0 Å². The van der Waals surface area contributed by atoms with E-state index in [4.69, 9.17) is 0 Å². The van der Waals surface area contributed by atoms with Crippen LogP contribution in [0.15, 0.2) is 49.9 Å². The lowest BCUT2D eigenvalue weighted by molar-refractivity contribution is 0.397. The minimum absolute atomic E-state index is 0.433. The van der Waals surface area contributed by atoms with Crippen LogP contribution in [0.2, 0.25) is 0 Å². The van der Waals surface area contributed by atoms with Crippen molar-refractivity contribution in [1.82, 2.24) is 10.3 Å². The summed E-state index contributed by atoms with van der Waals surface area (Å²) in [5.41, 5.74) is 2.52. The molecule has 0 amide bonds. The van der Waals surface area contributed by atoms with Gasteiger partial charge in [-0.05, 0) is 68.6 Å². The second-order valence-electron chi connectivity index (χ2n) is 5.28. The first-order valence-corrected chi connectivity index (χ1v) is 9.30. The maximum Gasteiger partial charge on any atom is 0.0584 e. The number of halogens is 3. The molecule has 2 heterocycles. The third-order valence-electron chi connectivity index (χ3n) is 3.95. The topological polar surface area (TPSA) is 24.9 Å². The highest BCUT2D eigenvalue weighted by Gasteiger charge is 2.30. The number of benzene rings is 1. The molecular formula is C16H15Br3N2. The Morgan fingerprint density at radius 1 is 1.05 bits per heavy atom. The fraction of sp³-hybridized carbons (Fsp3) is 0.312. The number of piperidine rings is 1. The summed E-state index contributed by atoms with van der Waals surface area (Å²) in [6.07, 6.45) is 2.99. The van der Waals surface area contributed by atoms with Crippen LogP contribution in [0.25, 0.3) is 0 Å². The zero-order valence-corrected chi connectivity index (χ0v) is 16.1. The highest BCUT2D eigenvalue weighted by Crippen LogP contribution is 2.40. The van der Waals surface area contributed by atoms with E-state index >= 15 is 0 Å². The van der Waals surface area contributed by atoms with Crippen molar-refractivity contribution in [3.05, 3.63) is 61.2 Å². The van der Waals surface area contributed by atoms with Crippen molar-refractivity contribution in [3.8, 4) is 0 Å². The average Bonchev–Trinajstić information content (AvgIpc) is 2.47. The third kappa shape index (κ3) is 3.58. The summed E-state index contributed by atoms with van der Waals surface area (Å²) in [5.74, 6) is 0.879. The molecule has 21 heavy (non-hydrogen) atoms. The lowest BCUT2D eigenvalue weighted by Crippen LogP contribution is -2.34. The first-order chi connectivity index (χ1) is 10.1. The van der Waals surface area contributed by atoms with E-state index < -0.39 is 0 Å². The van der Waals surface area contributed by atoms with E-state index in [1.165, 1.54) is 5.56 Å². The first-order valence-electron chi connectivity index (χ1n) is 6.92. The summed E-state index contributed by atoms with van der Waals surface area (Å²) in [6, 6.07) is 10.7. The van der Waals surface area contributed by atoms with E-state index in [0.717, 1.165) is 38.6 Å². The fourth-order valence-corrected chi connectivity index (χ4v) is 4.67. The van der Waals surface area contributed by atoms with Crippen molar-refractivity contribution >= 4 is 47.8 Å². The maximum atomic E-state index is 4.67. The standard InChI is InChI=1S/C16H15Br3N2/c17-11-3-1-2-10(6-11)14-9-20-5-4-13(14)16-15(19)7-12(18)8-21-16/h1-3,6-8,13-14,20H,4-5,9H2. The van der Waals surface area contributed by atoms with Crippen LogP contribution < -0.4 is 5.32 Å². The van der Waals surface area contributed by atoms with Gasteiger partial charge >= 0.3 is 0 Å². The molecule has 2 unspecified atom stereocenters. The molecule has 0 radical (unpaired) electrons. The Labute approximate surface area is 150 Å². The van der Waals surface area contributed by atoms with Gasteiger partial charge in [0.15, 0.2) is 0 Å². The van der Waals surface area contributed by atoms with E-state index in [1.807, 2.05) is 6.20 Å². The molecule has 2 atom stereocenters. The van der Waals surface area contributed by atoms with Gasteiger partial charge in [0.05, 0.1) is 5.69 Å². The second kappa shape index (κ2) is 6.90. The third-order valence-corrected chi connectivity index (χ3v) is 5.51. The number of nitrogens with one attached hydrogen (secondary N) is 1. The van der Waals surface area contributed by atoms with Gasteiger partial charge in [-0.1, -0.05) is 28.1 Å². The molecule has 1 aromatic heterocycles. The van der Waals surface area contributed by atoms with Crippen LogP contribution in [0.3, 0.4) is 0 Å². The maximum absolute atomic E-state index is 4.67. The molecule has 1 aliphatic rings. The lowest BCUT2D eigenvalue weighted by atomic mass is 9.79. The Morgan fingerprint density at radius 2 is 1.90 bits per heavy atom. The van der Waals surface area contributed by atoms with E-state index in [2.05, 4.69) is 88.4 Å². The molecule has 1 saturated heterocycles. The van der Waals surface area contributed by atoms with Gasteiger partial charge in [0, 0.05) is 38.0 Å². The Kier molecular flexibility index (Phi) is 5.15. The first kappa shape index (κ1) is 15.7. The Balaban J connectivity index is 1.98. The monoisotopic (exact) mass is 472 g/mol. The molecule has 1 N–H and O–H groups in total. The normalized spacial score (nSPS) is 22.2. The average molecular weight is 475 g/mol. The summed E-state index contributed by atoms with van der Waals surface area (Å²) in [7, 11) is 0. The quantitative estimate of drug-likeness (QED) is 0.644. The van der Waals surface area contributed by atoms with Crippen molar-refractivity contribution in [2.24, 2.45) is 0 Å². The van der Waals surface area contributed by atoms with Crippen molar-refractivity contribution in [2.45, 2.75) is 18.3 Å². The number of aromatic nitrogens is 1. The smallest absolute Gasteiger partial charge is 0.0584 e. The number of nitrogens with zero attached hydrogens (tertiary/aromatic N) is 1. The summed E-state index contributed by atoms with van der Waals surface area (Å²) in [5, 5.41) is 3.52. The molecule has 0 bridgehead atoms. The highest BCUT2D eigenvalue weighted by atomic mass is 79.9. The van der Waals surface area contributed by atoms with Crippen molar-refractivity contribution < 1.29 is 0 Å². The number of hydrogen-bond acceptors (Lipinski definition) is 2. The van der Waals surface area contributed by atoms with Gasteiger partial charge in [-0.15, -0.1) is 0 Å². The van der Waals surface area contributed by atoms with Crippen LogP contribution in [0.5, 0.6) is 0 Å². The van der Waals surface area contributed by atoms with Crippen molar-refractivity contribution in [2.75, 3.05) is 13.1 Å². The molecule has 1 aromatic carbocycles. The molecule has 2 nitrogen and oxygen atoms in total. The van der Waals surface area contributed by atoms with Crippen LogP contribution in [0.4, 0.5) is 0 Å². The van der Waals surface area contributed by atoms with Crippen LogP contribution in [-0.2, 0) is 0 Å². The SMILES string of the molecule is Brc1cccc(C2CNCCC2c2ncc(Br)cc2Br)c1. The van der Waals surface area contributed by atoms with Gasteiger partial charge in [0.1, 0.15) is 0 Å². The molecular weight excluding hydrogens is 460 g/mol. The molecule has 1 aliphatic heterocycles. The minimum Gasteiger partial charge on any atom is -0.316 e. The van der Waals surface area contributed by atoms with Crippen molar-refractivity contribution in [1.29, 1.82) is 0 Å². The van der Waals surface area contributed by atoms with E-state index in [-0.39, 0.29) is 0 Å². The van der Waals surface area contributed by atoms with Gasteiger partial charge in [-0.3, -0.25) is 4.98 Å². The summed E-state index contributed by atoms with van der Waals surface area (Å²) >= 11 is 10.7.